The van der Waals surface area contributed by atoms with Crippen molar-refractivity contribution in [2.24, 2.45) is 7.05 Å². The number of fused-ring (bicyclic) bond motifs is 1. The maximum absolute atomic E-state index is 9.68. The molecule has 0 bridgehead atoms. The number of ether oxygens (including phenoxy) is 1. The molecule has 1 aliphatic rings. The highest BCUT2D eigenvalue weighted by Crippen LogP contribution is 2.32. The lowest BCUT2D eigenvalue weighted by Crippen LogP contribution is -2.37. The molecule has 4 aromatic heterocycles. The van der Waals surface area contributed by atoms with Crippen LogP contribution in [-0.2, 0) is 11.8 Å². The minimum absolute atomic E-state index is 0.342. The highest BCUT2D eigenvalue weighted by Gasteiger charge is 2.21. The molecule has 5 heterocycles. The molecule has 1 aliphatic heterocycles. The van der Waals surface area contributed by atoms with Crippen LogP contribution in [0.25, 0.3) is 27.8 Å². The number of piperidine rings is 1. The number of unbranched alkanes of at least 4 members (excludes halogenated alkanes) is 2. The molecule has 0 saturated carbocycles. The van der Waals surface area contributed by atoms with Gasteiger partial charge in [0.1, 0.15) is 11.9 Å². The topological polar surface area (TPSA) is 87.5 Å². The van der Waals surface area contributed by atoms with Crippen molar-refractivity contribution in [3.8, 4) is 28.3 Å². The summed E-state index contributed by atoms with van der Waals surface area (Å²) >= 11 is 0. The first-order chi connectivity index (χ1) is 18.5. The van der Waals surface area contributed by atoms with Crippen LogP contribution in [0.4, 0.5) is 5.82 Å². The molecule has 0 radical (unpaired) electrons. The van der Waals surface area contributed by atoms with Crippen LogP contribution < -0.4 is 4.90 Å². The summed E-state index contributed by atoms with van der Waals surface area (Å²) in [6.45, 7) is 3.89. The first-order valence-corrected chi connectivity index (χ1v) is 13.4. The van der Waals surface area contributed by atoms with E-state index in [4.69, 9.17) is 9.72 Å². The fourth-order valence-electron chi connectivity index (χ4n) is 5.09. The summed E-state index contributed by atoms with van der Waals surface area (Å²) in [6.07, 6.45) is 15.2. The molecule has 0 N–H and O–H groups in total. The number of pyridine rings is 2. The molecule has 38 heavy (non-hydrogen) atoms. The van der Waals surface area contributed by atoms with Gasteiger partial charge in [0.05, 0.1) is 29.6 Å². The van der Waals surface area contributed by atoms with Gasteiger partial charge >= 0.3 is 0 Å². The zero-order chi connectivity index (χ0) is 26.5. The smallest absolute Gasteiger partial charge is 0.128 e. The van der Waals surface area contributed by atoms with Crippen molar-refractivity contribution in [1.29, 1.82) is 5.26 Å². The molecular weight excluding hydrogens is 476 g/mol. The fourth-order valence-corrected chi connectivity index (χ4v) is 5.09. The van der Waals surface area contributed by atoms with Crippen LogP contribution in [0.1, 0.15) is 37.7 Å². The van der Waals surface area contributed by atoms with Gasteiger partial charge in [-0.05, 0) is 70.9 Å². The van der Waals surface area contributed by atoms with E-state index in [2.05, 4.69) is 58.4 Å². The molecule has 0 aliphatic carbocycles. The molecule has 0 amide bonds. The lowest BCUT2D eigenvalue weighted by atomic mass is 10.0. The molecular formula is C29H36N8O. The third kappa shape index (κ3) is 5.87. The Labute approximate surface area is 224 Å². The lowest BCUT2D eigenvalue weighted by molar-refractivity contribution is 0.0345. The van der Waals surface area contributed by atoms with E-state index in [0.29, 0.717) is 11.7 Å². The Morgan fingerprint density at radius 1 is 1.00 bits per heavy atom. The molecule has 1 saturated heterocycles. The number of hydrogen-bond acceptors (Lipinski definition) is 7. The van der Waals surface area contributed by atoms with E-state index in [0.717, 1.165) is 79.1 Å². The fraction of sp³-hybridized carbons (Fsp3) is 0.448. The van der Waals surface area contributed by atoms with Crippen molar-refractivity contribution >= 4 is 11.3 Å². The van der Waals surface area contributed by atoms with E-state index in [1.165, 1.54) is 12.8 Å². The van der Waals surface area contributed by atoms with Crippen LogP contribution in [0.3, 0.4) is 0 Å². The summed E-state index contributed by atoms with van der Waals surface area (Å²) in [6, 6.07) is 8.54. The standard InChI is InChI=1S/C29H36N8O/c1-34(2)11-5-4-6-14-38-26-9-12-36(13-10-26)28-8-7-22(17-31-28)27-15-23(25-19-32-35(3)20-25)21-37-29(27)24(16-30)18-33-37/h7-8,15,17-21,26H,4-6,9-14H2,1-3H3. The Morgan fingerprint density at radius 2 is 1.84 bits per heavy atom. The van der Waals surface area contributed by atoms with Crippen molar-refractivity contribution in [2.75, 3.05) is 45.2 Å². The van der Waals surface area contributed by atoms with E-state index < -0.39 is 0 Å². The van der Waals surface area contributed by atoms with E-state index >= 15 is 0 Å². The molecule has 9 nitrogen and oxygen atoms in total. The van der Waals surface area contributed by atoms with Gasteiger partial charge in [0, 0.05) is 67.6 Å². The second-order valence-electron chi connectivity index (χ2n) is 10.3. The maximum atomic E-state index is 9.68. The van der Waals surface area contributed by atoms with Crippen LogP contribution in [0.2, 0.25) is 0 Å². The van der Waals surface area contributed by atoms with Gasteiger partial charge in [-0.2, -0.15) is 15.5 Å². The molecule has 0 unspecified atom stereocenters. The molecule has 198 valence electrons. The Hall–Kier alpha value is -3.74. The first-order valence-electron chi connectivity index (χ1n) is 13.4. The third-order valence-corrected chi connectivity index (χ3v) is 7.20. The Balaban J connectivity index is 1.25. The van der Waals surface area contributed by atoms with E-state index in [1.807, 2.05) is 31.8 Å². The Bertz CT molecular complexity index is 1390. The summed E-state index contributed by atoms with van der Waals surface area (Å²) in [5, 5.41) is 18.4. The highest BCUT2D eigenvalue weighted by atomic mass is 16.5. The Morgan fingerprint density at radius 3 is 2.53 bits per heavy atom. The van der Waals surface area contributed by atoms with Gasteiger partial charge in [-0.3, -0.25) is 4.68 Å². The third-order valence-electron chi connectivity index (χ3n) is 7.20. The van der Waals surface area contributed by atoms with Crippen molar-refractivity contribution in [2.45, 2.75) is 38.2 Å². The molecule has 0 aromatic carbocycles. The van der Waals surface area contributed by atoms with Crippen LogP contribution in [0.15, 0.2) is 49.2 Å². The van der Waals surface area contributed by atoms with Crippen LogP contribution >= 0.6 is 0 Å². The molecule has 1 fully saturated rings. The minimum atomic E-state index is 0.342. The predicted molar refractivity (Wildman–Crippen MR) is 149 cm³/mol. The second-order valence-corrected chi connectivity index (χ2v) is 10.3. The van der Waals surface area contributed by atoms with Crippen molar-refractivity contribution in [1.82, 2.24) is 29.3 Å². The number of aromatic nitrogens is 5. The average molecular weight is 513 g/mol. The summed E-state index contributed by atoms with van der Waals surface area (Å²) < 4.78 is 9.71. The zero-order valence-corrected chi connectivity index (χ0v) is 22.5. The maximum Gasteiger partial charge on any atom is 0.128 e. The van der Waals surface area contributed by atoms with Gasteiger partial charge in [-0.25, -0.2) is 9.50 Å². The van der Waals surface area contributed by atoms with E-state index in [-0.39, 0.29) is 0 Å². The van der Waals surface area contributed by atoms with E-state index in [1.54, 1.807) is 15.4 Å². The Kier molecular flexibility index (Phi) is 8.01. The predicted octanol–water partition coefficient (Wildman–Crippen LogP) is 4.39. The highest BCUT2D eigenvalue weighted by molar-refractivity contribution is 5.87. The van der Waals surface area contributed by atoms with Crippen molar-refractivity contribution in [3.63, 3.8) is 0 Å². The summed E-state index contributed by atoms with van der Waals surface area (Å²) in [5.74, 6) is 0.976. The number of anilines is 1. The van der Waals surface area contributed by atoms with Gasteiger partial charge in [-0.1, -0.05) is 0 Å². The normalized spacial score (nSPS) is 14.4. The van der Waals surface area contributed by atoms with Crippen molar-refractivity contribution < 1.29 is 4.74 Å². The SMILES string of the molecule is CN(C)CCCCCOC1CCN(c2ccc(-c3cc(-c4cnn(C)c4)cn4ncc(C#N)c34)cn2)CC1. The summed E-state index contributed by atoms with van der Waals surface area (Å²) in [4.78, 5) is 9.39. The number of aryl methyl sites for hydroxylation is 1. The van der Waals surface area contributed by atoms with Crippen LogP contribution in [0, 0.1) is 11.3 Å². The van der Waals surface area contributed by atoms with Crippen molar-refractivity contribution in [3.05, 3.63) is 54.7 Å². The molecule has 9 heteroatoms. The van der Waals surface area contributed by atoms with E-state index in [9.17, 15) is 5.26 Å². The molecule has 0 atom stereocenters. The number of nitrogens with zero attached hydrogens (tertiary/aromatic N) is 8. The molecule has 5 rings (SSSR count). The number of hydrogen-bond donors (Lipinski definition) is 0. The molecule has 0 spiro atoms. The van der Waals surface area contributed by atoms with Gasteiger partial charge in [-0.15, -0.1) is 0 Å². The molecule has 4 aromatic rings. The van der Waals surface area contributed by atoms with Gasteiger partial charge < -0.3 is 14.5 Å². The summed E-state index contributed by atoms with van der Waals surface area (Å²) in [5.41, 5.74) is 5.19. The number of rotatable bonds is 10. The monoisotopic (exact) mass is 512 g/mol. The van der Waals surface area contributed by atoms with Gasteiger partial charge in [0.2, 0.25) is 0 Å². The average Bonchev–Trinajstić information content (AvgIpc) is 3.56. The first kappa shape index (κ1) is 25.9. The van der Waals surface area contributed by atoms with Gasteiger partial charge in [0.15, 0.2) is 0 Å². The number of nitriles is 1. The van der Waals surface area contributed by atoms with Crippen LogP contribution in [0.5, 0.6) is 0 Å². The van der Waals surface area contributed by atoms with Crippen LogP contribution in [-0.4, -0.2) is 75.7 Å². The largest absolute Gasteiger partial charge is 0.378 e. The zero-order valence-electron chi connectivity index (χ0n) is 22.5. The van der Waals surface area contributed by atoms with Gasteiger partial charge in [0.25, 0.3) is 0 Å². The second kappa shape index (κ2) is 11.8. The lowest BCUT2D eigenvalue weighted by Gasteiger charge is -2.32. The quantitative estimate of drug-likeness (QED) is 0.291. The minimum Gasteiger partial charge on any atom is -0.378 e. The summed E-state index contributed by atoms with van der Waals surface area (Å²) in [7, 11) is 6.14.